The molecule has 1 N–H and O–H groups in total. The Bertz CT molecular complexity index is 97.4. The minimum atomic E-state index is 1.16. The van der Waals surface area contributed by atoms with Crippen molar-refractivity contribution in [2.75, 3.05) is 20.6 Å². The zero-order chi connectivity index (χ0) is 7.82. The van der Waals surface area contributed by atoms with E-state index in [1.54, 1.807) is 0 Å². The van der Waals surface area contributed by atoms with E-state index in [2.05, 4.69) is 23.9 Å². The summed E-state index contributed by atoms with van der Waals surface area (Å²) in [4.78, 5) is 0. The van der Waals surface area contributed by atoms with E-state index in [1.165, 1.54) is 19.3 Å². The highest BCUT2D eigenvalue weighted by molar-refractivity contribution is 5.46. The van der Waals surface area contributed by atoms with Crippen LogP contribution in [0.15, 0.2) is 0 Å². The molecule has 0 atom stereocenters. The largest absolute Gasteiger partial charge is 0.284 e. The van der Waals surface area contributed by atoms with E-state index in [9.17, 15) is 0 Å². The fourth-order valence-corrected chi connectivity index (χ4v) is 0.896. The summed E-state index contributed by atoms with van der Waals surface area (Å²) < 4.78 is 2.18. The van der Waals surface area contributed by atoms with E-state index in [0.29, 0.717) is 0 Å². The quantitative estimate of drug-likeness (QED) is 0.263. The molecule has 0 aliphatic heterocycles. The third kappa shape index (κ3) is 5.60. The Hall–Kier alpha value is -0.530. The second-order valence-electron chi connectivity index (χ2n) is 2.61. The van der Waals surface area contributed by atoms with Crippen molar-refractivity contribution in [3.05, 3.63) is 0 Å². The Morgan fingerprint density at radius 1 is 1.40 bits per heavy atom. The van der Waals surface area contributed by atoms with Crippen LogP contribution >= 0.6 is 0 Å². The summed E-state index contributed by atoms with van der Waals surface area (Å²) in [6.07, 6.45) is 5.93. The molecule has 0 aromatic carbocycles. The van der Waals surface area contributed by atoms with E-state index in [1.807, 2.05) is 13.4 Å². The molecule has 0 radical (unpaired) electrons. The maximum Gasteiger partial charge on any atom is 0.231 e. The average Bonchev–Trinajstić information content (AvgIpc) is 1.89. The van der Waals surface area contributed by atoms with E-state index >= 15 is 0 Å². The number of unbranched alkanes of at least 4 members (excludes halogenated alkanes) is 2. The molecule has 60 valence electrons. The normalized spacial score (nSPS) is 11.7. The molecule has 0 aliphatic carbocycles. The molecule has 10 heavy (non-hydrogen) atoms. The zero-order valence-electron chi connectivity index (χ0n) is 7.35. The van der Waals surface area contributed by atoms with Crippen molar-refractivity contribution in [1.82, 2.24) is 5.32 Å². The fraction of sp³-hybridized carbons (Fsp3) is 0.875. The van der Waals surface area contributed by atoms with Gasteiger partial charge in [-0.15, -0.1) is 0 Å². The minimum Gasteiger partial charge on any atom is -0.284 e. The monoisotopic (exact) mass is 143 g/mol. The Balaban J connectivity index is 3.21. The molecule has 0 bridgehead atoms. The van der Waals surface area contributed by atoms with Gasteiger partial charge in [-0.2, -0.15) is 0 Å². The van der Waals surface area contributed by atoms with Gasteiger partial charge in [0.05, 0.1) is 20.6 Å². The van der Waals surface area contributed by atoms with Gasteiger partial charge in [0.25, 0.3) is 0 Å². The van der Waals surface area contributed by atoms with Gasteiger partial charge in [-0.1, -0.05) is 13.3 Å². The van der Waals surface area contributed by atoms with Gasteiger partial charge in [0, 0.05) is 0 Å². The van der Waals surface area contributed by atoms with E-state index in [0.717, 1.165) is 6.54 Å². The molecule has 0 heterocycles. The van der Waals surface area contributed by atoms with Crippen LogP contribution < -0.4 is 5.32 Å². The molecule has 0 aromatic rings. The van der Waals surface area contributed by atoms with Crippen molar-refractivity contribution in [2.24, 2.45) is 0 Å². The van der Waals surface area contributed by atoms with Crippen LogP contribution in [0.25, 0.3) is 0 Å². The first kappa shape index (κ1) is 9.47. The van der Waals surface area contributed by atoms with Gasteiger partial charge in [0.1, 0.15) is 0 Å². The predicted molar refractivity (Wildman–Crippen MR) is 45.7 cm³/mol. The van der Waals surface area contributed by atoms with Crippen LogP contribution in [-0.4, -0.2) is 31.6 Å². The lowest BCUT2D eigenvalue weighted by Crippen LogP contribution is -2.17. The van der Waals surface area contributed by atoms with Gasteiger partial charge in [-0.25, -0.2) is 0 Å². The van der Waals surface area contributed by atoms with Crippen molar-refractivity contribution in [2.45, 2.75) is 26.2 Å². The Morgan fingerprint density at radius 3 is 2.60 bits per heavy atom. The van der Waals surface area contributed by atoms with Gasteiger partial charge < -0.3 is 0 Å². The topological polar surface area (TPSA) is 15.0 Å². The summed E-state index contributed by atoms with van der Waals surface area (Å²) in [6, 6.07) is 0. The molecule has 0 saturated heterocycles. The molecule has 0 aromatic heterocycles. The minimum absolute atomic E-state index is 1.16. The van der Waals surface area contributed by atoms with Gasteiger partial charge >= 0.3 is 0 Å². The Morgan fingerprint density at radius 2 is 2.10 bits per heavy atom. The first-order chi connectivity index (χ1) is 4.81. The Labute approximate surface area is 63.9 Å². The SMILES string of the molecule is CCCCC[N+](C)=CNC. The molecule has 0 saturated carbocycles. The van der Waals surface area contributed by atoms with Crippen LogP contribution in [0.5, 0.6) is 0 Å². The molecule has 0 rings (SSSR count). The highest BCUT2D eigenvalue weighted by Gasteiger charge is 1.89. The summed E-state index contributed by atoms with van der Waals surface area (Å²) in [7, 11) is 4.02. The van der Waals surface area contributed by atoms with Crippen LogP contribution in [0, 0.1) is 0 Å². The molecule has 0 amide bonds. The van der Waals surface area contributed by atoms with Crippen molar-refractivity contribution < 1.29 is 4.58 Å². The van der Waals surface area contributed by atoms with E-state index in [-0.39, 0.29) is 0 Å². The fourth-order valence-electron chi connectivity index (χ4n) is 0.896. The molecule has 0 unspecified atom stereocenters. The summed E-state index contributed by atoms with van der Waals surface area (Å²) in [5, 5.41) is 3.00. The highest BCUT2D eigenvalue weighted by atomic mass is 15.0. The smallest absolute Gasteiger partial charge is 0.231 e. The van der Waals surface area contributed by atoms with Gasteiger partial charge in [-0.3, -0.25) is 9.89 Å². The van der Waals surface area contributed by atoms with E-state index in [4.69, 9.17) is 0 Å². The summed E-state index contributed by atoms with van der Waals surface area (Å²) in [5.41, 5.74) is 0. The molecule has 2 heteroatoms. The molecular weight excluding hydrogens is 124 g/mol. The third-order valence-electron chi connectivity index (χ3n) is 1.46. The predicted octanol–water partition coefficient (Wildman–Crippen LogP) is 1.07. The number of rotatable bonds is 5. The van der Waals surface area contributed by atoms with Gasteiger partial charge in [0.2, 0.25) is 6.34 Å². The summed E-state index contributed by atoms with van der Waals surface area (Å²) >= 11 is 0. The molecule has 0 aliphatic rings. The second-order valence-corrected chi connectivity index (χ2v) is 2.61. The molecule has 2 nitrogen and oxygen atoms in total. The molecule has 0 fully saturated rings. The first-order valence-electron chi connectivity index (χ1n) is 4.02. The summed E-state index contributed by atoms with van der Waals surface area (Å²) in [5.74, 6) is 0. The van der Waals surface area contributed by atoms with Gasteiger partial charge in [0.15, 0.2) is 0 Å². The Kier molecular flexibility index (Phi) is 6.24. The molecular formula is C8H19N2+. The third-order valence-corrected chi connectivity index (χ3v) is 1.46. The maximum absolute atomic E-state index is 3.00. The van der Waals surface area contributed by atoms with Crippen LogP contribution in [-0.2, 0) is 0 Å². The van der Waals surface area contributed by atoms with Crippen molar-refractivity contribution in [3.8, 4) is 0 Å². The van der Waals surface area contributed by atoms with Crippen molar-refractivity contribution >= 4 is 6.34 Å². The van der Waals surface area contributed by atoms with Crippen LogP contribution in [0.1, 0.15) is 26.2 Å². The zero-order valence-corrected chi connectivity index (χ0v) is 7.35. The van der Waals surface area contributed by atoms with Crippen LogP contribution in [0.4, 0.5) is 0 Å². The summed E-state index contributed by atoms with van der Waals surface area (Å²) in [6.45, 7) is 3.39. The van der Waals surface area contributed by atoms with Crippen LogP contribution in [0.2, 0.25) is 0 Å². The lowest BCUT2D eigenvalue weighted by molar-refractivity contribution is -0.494. The first-order valence-corrected chi connectivity index (χ1v) is 4.02. The number of hydrogen-bond acceptors (Lipinski definition) is 0. The van der Waals surface area contributed by atoms with Gasteiger partial charge in [-0.05, 0) is 12.8 Å². The standard InChI is InChI=1S/C8H18N2/c1-4-5-6-7-10(3)8-9-2/h8H,4-7H2,1-3H3/p+1. The van der Waals surface area contributed by atoms with Crippen LogP contribution in [0.3, 0.4) is 0 Å². The number of nitrogens with zero attached hydrogens (tertiary/aromatic N) is 1. The number of hydrogen-bond donors (Lipinski definition) is 1. The second kappa shape index (κ2) is 6.59. The lowest BCUT2D eigenvalue weighted by atomic mass is 10.2. The van der Waals surface area contributed by atoms with E-state index < -0.39 is 0 Å². The molecule has 0 spiro atoms. The number of nitrogens with one attached hydrogen (secondary N) is 1. The average molecular weight is 143 g/mol. The lowest BCUT2D eigenvalue weighted by Gasteiger charge is -1.97. The van der Waals surface area contributed by atoms with Crippen molar-refractivity contribution in [3.63, 3.8) is 0 Å². The maximum atomic E-state index is 3.00. The highest BCUT2D eigenvalue weighted by Crippen LogP contribution is 1.91. The van der Waals surface area contributed by atoms with Crippen molar-refractivity contribution in [1.29, 1.82) is 0 Å².